The molecule has 156 valence electrons. The number of carbonyl (C=O) groups excluding carboxylic acids is 1. The van der Waals surface area contributed by atoms with Crippen molar-refractivity contribution in [3.63, 3.8) is 0 Å². The molecule has 29 heavy (non-hydrogen) atoms. The number of nitrogens with zero attached hydrogens (tertiary/aromatic N) is 3. The molecular formula is C20H25N3O5S. The largest absolute Gasteiger partial charge is 0.491 e. The molecule has 4 rings (SSSR count). The zero-order chi connectivity index (χ0) is 20.8. The van der Waals surface area contributed by atoms with E-state index in [-0.39, 0.29) is 23.7 Å². The molecule has 1 atom stereocenters. The minimum Gasteiger partial charge on any atom is -0.491 e. The van der Waals surface area contributed by atoms with Crippen LogP contribution in [0.1, 0.15) is 47.1 Å². The van der Waals surface area contributed by atoms with Gasteiger partial charge in [-0.25, -0.2) is 8.42 Å². The van der Waals surface area contributed by atoms with Crippen molar-refractivity contribution in [2.75, 3.05) is 12.9 Å². The number of aromatic nitrogens is 1. The van der Waals surface area contributed by atoms with Crippen molar-refractivity contribution < 1.29 is 22.5 Å². The highest BCUT2D eigenvalue weighted by Gasteiger charge is 2.35. The van der Waals surface area contributed by atoms with E-state index in [1.165, 1.54) is 6.26 Å². The molecule has 1 saturated carbocycles. The lowest BCUT2D eigenvalue weighted by Gasteiger charge is -2.25. The number of rotatable bonds is 5. The molecule has 0 unspecified atom stereocenters. The molecule has 8 nitrogen and oxygen atoms in total. The van der Waals surface area contributed by atoms with Crippen molar-refractivity contribution in [2.45, 2.75) is 51.9 Å². The van der Waals surface area contributed by atoms with Crippen LogP contribution in [0.15, 0.2) is 28.8 Å². The third-order valence-corrected chi connectivity index (χ3v) is 6.58. The second kappa shape index (κ2) is 7.46. The molecule has 2 aliphatic rings. The Balaban J connectivity index is 1.59. The molecule has 0 spiro atoms. The van der Waals surface area contributed by atoms with E-state index >= 15 is 0 Å². The summed E-state index contributed by atoms with van der Waals surface area (Å²) in [5.74, 6) is 1.08. The van der Waals surface area contributed by atoms with Crippen molar-refractivity contribution in [1.29, 1.82) is 0 Å². The third kappa shape index (κ3) is 4.30. The van der Waals surface area contributed by atoms with E-state index in [1.54, 1.807) is 22.2 Å². The maximum Gasteiger partial charge on any atom is 0.276 e. The van der Waals surface area contributed by atoms with Crippen molar-refractivity contribution in [3.8, 4) is 5.75 Å². The molecule has 9 heteroatoms. The fraction of sp³-hybridized carbons (Fsp3) is 0.500. The van der Waals surface area contributed by atoms with Crippen molar-refractivity contribution in [3.05, 3.63) is 46.8 Å². The number of fused-ring (bicyclic) bond motifs is 1. The molecular weight excluding hydrogens is 394 g/mol. The minimum absolute atomic E-state index is 0.0913. The van der Waals surface area contributed by atoms with E-state index in [0.717, 1.165) is 24.0 Å². The van der Waals surface area contributed by atoms with Gasteiger partial charge in [-0.3, -0.25) is 4.79 Å². The molecule has 2 heterocycles. The fourth-order valence-corrected chi connectivity index (χ4v) is 4.72. The summed E-state index contributed by atoms with van der Waals surface area (Å²) in [5.41, 5.74) is 2.00. The molecule has 1 aliphatic carbocycles. The number of benzene rings is 1. The van der Waals surface area contributed by atoms with Gasteiger partial charge in [-0.2, -0.15) is 4.31 Å². The lowest BCUT2D eigenvalue weighted by atomic mass is 10.1. The van der Waals surface area contributed by atoms with Crippen molar-refractivity contribution >= 4 is 15.9 Å². The van der Waals surface area contributed by atoms with Gasteiger partial charge in [-0.1, -0.05) is 11.2 Å². The zero-order valence-corrected chi connectivity index (χ0v) is 17.6. The van der Waals surface area contributed by atoms with Gasteiger partial charge >= 0.3 is 0 Å². The first-order chi connectivity index (χ1) is 13.7. The Morgan fingerprint density at radius 3 is 2.69 bits per heavy atom. The molecule has 0 saturated heterocycles. The Morgan fingerprint density at radius 2 is 2.07 bits per heavy atom. The molecule has 2 aromatic rings. The molecule has 1 aromatic carbocycles. The number of sulfonamides is 1. The standard InChI is InChI=1S/C20H25N3O5S/c1-13-12-27-19-7-4-15(10-23(17-5-6-17)29(3,25)26)9-16(19)11-22(13)20(24)18-8-14(2)28-21-18/h4,7-9,13,17H,5-6,10-12H2,1-3H3/t13-/m0/s1. The number of ether oxygens (including phenoxy) is 1. The van der Waals surface area contributed by atoms with Gasteiger partial charge in [0.05, 0.1) is 18.8 Å². The summed E-state index contributed by atoms with van der Waals surface area (Å²) in [5, 5.41) is 3.84. The average Bonchev–Trinajstić information content (AvgIpc) is 3.43. The summed E-state index contributed by atoms with van der Waals surface area (Å²) in [7, 11) is -3.28. The van der Waals surface area contributed by atoms with Crippen molar-refractivity contribution in [2.24, 2.45) is 0 Å². The maximum atomic E-state index is 12.9. The topological polar surface area (TPSA) is 93.0 Å². The Morgan fingerprint density at radius 1 is 1.31 bits per heavy atom. The molecule has 1 amide bonds. The summed E-state index contributed by atoms with van der Waals surface area (Å²) in [6.45, 7) is 4.72. The molecule has 1 aromatic heterocycles. The number of carbonyl (C=O) groups is 1. The van der Waals surface area contributed by atoms with Crippen LogP contribution in [0.3, 0.4) is 0 Å². The van der Waals surface area contributed by atoms with Crippen LogP contribution in [-0.2, 0) is 23.1 Å². The van der Waals surface area contributed by atoms with Crippen LogP contribution >= 0.6 is 0 Å². The molecule has 0 N–H and O–H groups in total. The van der Waals surface area contributed by atoms with Crippen LogP contribution in [0.4, 0.5) is 0 Å². The third-order valence-electron chi connectivity index (χ3n) is 5.30. The van der Waals surface area contributed by atoms with Crippen LogP contribution in [0.2, 0.25) is 0 Å². The Kier molecular flexibility index (Phi) is 5.12. The highest BCUT2D eigenvalue weighted by atomic mass is 32.2. The normalized spacial score (nSPS) is 19.6. The van der Waals surface area contributed by atoms with Crippen LogP contribution < -0.4 is 4.74 Å². The quantitative estimate of drug-likeness (QED) is 0.739. The highest BCUT2D eigenvalue weighted by Crippen LogP contribution is 2.32. The van der Waals surface area contributed by atoms with Crippen LogP contribution in [0.5, 0.6) is 5.75 Å². The summed E-state index contributed by atoms with van der Waals surface area (Å²) < 4.78 is 36.8. The average molecular weight is 420 g/mol. The predicted molar refractivity (Wildman–Crippen MR) is 106 cm³/mol. The lowest BCUT2D eigenvalue weighted by molar-refractivity contribution is 0.0635. The smallest absolute Gasteiger partial charge is 0.276 e. The fourth-order valence-electron chi connectivity index (χ4n) is 3.58. The molecule has 0 radical (unpaired) electrons. The van der Waals surface area contributed by atoms with Gasteiger partial charge in [0.25, 0.3) is 5.91 Å². The van der Waals surface area contributed by atoms with E-state index < -0.39 is 10.0 Å². The van der Waals surface area contributed by atoms with Gasteiger partial charge in [0.1, 0.15) is 18.1 Å². The highest BCUT2D eigenvalue weighted by molar-refractivity contribution is 7.88. The van der Waals surface area contributed by atoms with E-state index in [0.29, 0.717) is 31.2 Å². The monoisotopic (exact) mass is 419 g/mol. The second-order valence-corrected chi connectivity index (χ2v) is 9.83. The number of aryl methyl sites for hydroxylation is 1. The van der Waals surface area contributed by atoms with Gasteiger partial charge in [-0.05, 0) is 44.4 Å². The van der Waals surface area contributed by atoms with E-state index in [2.05, 4.69) is 5.16 Å². The first-order valence-corrected chi connectivity index (χ1v) is 11.5. The summed E-state index contributed by atoms with van der Waals surface area (Å²) in [6, 6.07) is 7.25. The summed E-state index contributed by atoms with van der Waals surface area (Å²) in [6.07, 6.45) is 3.05. The second-order valence-electron chi connectivity index (χ2n) is 7.90. The number of amides is 1. The van der Waals surface area contributed by atoms with Crippen molar-refractivity contribution in [1.82, 2.24) is 14.4 Å². The van der Waals surface area contributed by atoms with E-state index in [9.17, 15) is 13.2 Å². The maximum absolute atomic E-state index is 12.9. The molecule has 0 bridgehead atoms. The molecule has 1 aliphatic heterocycles. The van der Waals surface area contributed by atoms with Crippen LogP contribution in [0, 0.1) is 6.92 Å². The van der Waals surface area contributed by atoms with Gasteiger partial charge in [0.15, 0.2) is 5.69 Å². The van der Waals surface area contributed by atoms with E-state index in [4.69, 9.17) is 9.26 Å². The van der Waals surface area contributed by atoms with Crippen LogP contribution in [-0.4, -0.2) is 53.6 Å². The van der Waals surface area contributed by atoms with Gasteiger partial charge in [0, 0.05) is 24.2 Å². The Bertz CT molecular complexity index is 1030. The first kappa shape index (κ1) is 19.9. The molecule has 1 fully saturated rings. The van der Waals surface area contributed by atoms with Gasteiger partial charge in [0.2, 0.25) is 10.0 Å². The van der Waals surface area contributed by atoms with Gasteiger partial charge < -0.3 is 14.2 Å². The van der Waals surface area contributed by atoms with Crippen LogP contribution in [0.25, 0.3) is 0 Å². The van der Waals surface area contributed by atoms with E-state index in [1.807, 2.05) is 25.1 Å². The Hall–Kier alpha value is -2.39. The van der Waals surface area contributed by atoms with Gasteiger partial charge in [-0.15, -0.1) is 0 Å². The lowest BCUT2D eigenvalue weighted by Crippen LogP contribution is -2.40. The minimum atomic E-state index is -3.28. The summed E-state index contributed by atoms with van der Waals surface area (Å²) in [4.78, 5) is 14.6. The predicted octanol–water partition coefficient (Wildman–Crippen LogP) is 2.33. The summed E-state index contributed by atoms with van der Waals surface area (Å²) >= 11 is 0. The Labute approximate surface area is 170 Å². The SMILES string of the molecule is Cc1cc(C(=O)N2Cc3cc(CN(C4CC4)S(C)(=O)=O)ccc3OC[C@@H]2C)no1. The first-order valence-electron chi connectivity index (χ1n) is 9.68. The number of hydrogen-bond donors (Lipinski definition) is 0. The number of hydrogen-bond acceptors (Lipinski definition) is 6. The zero-order valence-electron chi connectivity index (χ0n) is 16.8.